The minimum absolute atomic E-state index is 0.109. The van der Waals surface area contributed by atoms with Crippen molar-refractivity contribution in [1.82, 2.24) is 4.57 Å². The number of aryl methyl sites for hydroxylation is 1. The molecule has 0 saturated heterocycles. The second kappa shape index (κ2) is 4.98. The molecular weight excluding hydrogens is 290 g/mol. The van der Waals surface area contributed by atoms with Crippen molar-refractivity contribution in [3.05, 3.63) is 87.7 Å². The topological polar surface area (TPSA) is 60.1 Å². The summed E-state index contributed by atoms with van der Waals surface area (Å²) in [6, 6.07) is 17.0. The minimum Gasteiger partial charge on any atom is -0.371 e. The van der Waals surface area contributed by atoms with Crippen LogP contribution in [-0.2, 0) is 0 Å². The van der Waals surface area contributed by atoms with Gasteiger partial charge >= 0.3 is 0 Å². The molecule has 2 heterocycles. The van der Waals surface area contributed by atoms with E-state index in [1.54, 1.807) is 12.1 Å². The number of nitrogens with one attached hydrogen (secondary N) is 1. The van der Waals surface area contributed by atoms with E-state index >= 15 is 0 Å². The molecule has 1 aromatic heterocycles. The van der Waals surface area contributed by atoms with E-state index in [9.17, 15) is 10.1 Å². The zero-order valence-electron chi connectivity index (χ0n) is 12.6. The summed E-state index contributed by atoms with van der Waals surface area (Å²) in [5, 5.41) is 14.6. The highest BCUT2D eigenvalue weighted by molar-refractivity contribution is 5.68. The van der Waals surface area contributed by atoms with Gasteiger partial charge in [0.2, 0.25) is 0 Å². The van der Waals surface area contributed by atoms with Gasteiger partial charge in [-0.05, 0) is 42.3 Å². The van der Waals surface area contributed by atoms with E-state index in [-0.39, 0.29) is 16.7 Å². The van der Waals surface area contributed by atoms with Crippen molar-refractivity contribution in [1.29, 1.82) is 0 Å². The number of non-ortho nitro benzene ring substituents is 1. The number of fused-ring (bicyclic) bond motifs is 3. The first-order valence-corrected chi connectivity index (χ1v) is 7.42. The van der Waals surface area contributed by atoms with Crippen LogP contribution in [0.15, 0.2) is 60.8 Å². The largest absolute Gasteiger partial charge is 0.371 e. The maximum atomic E-state index is 11.1. The highest BCUT2D eigenvalue weighted by atomic mass is 16.6. The summed E-state index contributed by atoms with van der Waals surface area (Å²) in [5.74, 6) is 0. The molecule has 4 rings (SSSR count). The smallest absolute Gasteiger partial charge is 0.269 e. The Morgan fingerprint density at radius 1 is 1.13 bits per heavy atom. The van der Waals surface area contributed by atoms with Gasteiger partial charge in [0.1, 0.15) is 0 Å². The number of hydrogen-bond acceptors (Lipinski definition) is 3. The number of nitrogens with zero attached hydrogens (tertiary/aromatic N) is 2. The fourth-order valence-electron chi connectivity index (χ4n) is 3.13. The Kier molecular flexibility index (Phi) is 2.94. The summed E-state index contributed by atoms with van der Waals surface area (Å²) in [7, 11) is 0. The van der Waals surface area contributed by atoms with E-state index in [0.717, 1.165) is 22.6 Å². The van der Waals surface area contributed by atoms with Crippen molar-refractivity contribution in [3.63, 3.8) is 0 Å². The molecular formula is C18H15N3O2. The lowest BCUT2D eigenvalue weighted by atomic mass is 9.99. The van der Waals surface area contributed by atoms with E-state index in [4.69, 9.17) is 0 Å². The van der Waals surface area contributed by atoms with Crippen LogP contribution in [0.25, 0.3) is 5.69 Å². The highest BCUT2D eigenvalue weighted by Gasteiger charge is 2.25. The van der Waals surface area contributed by atoms with Crippen molar-refractivity contribution in [2.24, 2.45) is 0 Å². The van der Waals surface area contributed by atoms with Crippen LogP contribution in [0.4, 0.5) is 11.4 Å². The van der Waals surface area contributed by atoms with Crippen molar-refractivity contribution in [2.75, 3.05) is 5.32 Å². The lowest BCUT2D eigenvalue weighted by Gasteiger charge is -2.30. The third-order valence-electron chi connectivity index (χ3n) is 4.20. The zero-order chi connectivity index (χ0) is 16.0. The second-order valence-corrected chi connectivity index (χ2v) is 5.75. The van der Waals surface area contributed by atoms with Gasteiger partial charge in [-0.3, -0.25) is 10.1 Å². The number of aromatic nitrogens is 1. The molecule has 2 aromatic carbocycles. The minimum atomic E-state index is -0.358. The highest BCUT2D eigenvalue weighted by Crippen LogP contribution is 2.38. The first-order chi connectivity index (χ1) is 11.1. The van der Waals surface area contributed by atoms with Crippen LogP contribution in [-0.4, -0.2) is 9.49 Å². The lowest BCUT2D eigenvalue weighted by molar-refractivity contribution is -0.384. The summed E-state index contributed by atoms with van der Waals surface area (Å²) >= 11 is 0. The first-order valence-electron chi connectivity index (χ1n) is 7.42. The molecule has 0 spiro atoms. The Balaban J connectivity index is 1.86. The van der Waals surface area contributed by atoms with Crippen LogP contribution in [0, 0.1) is 17.0 Å². The molecule has 0 saturated carbocycles. The number of rotatable bonds is 2. The van der Waals surface area contributed by atoms with Crippen LogP contribution in [0.2, 0.25) is 0 Å². The summed E-state index contributed by atoms with van der Waals surface area (Å²) in [6.07, 6.45) is 2.02. The van der Waals surface area contributed by atoms with E-state index in [0.29, 0.717) is 0 Å². The fraction of sp³-hybridized carbons (Fsp3) is 0.111. The Morgan fingerprint density at radius 2 is 2.00 bits per heavy atom. The third kappa shape index (κ3) is 2.17. The second-order valence-electron chi connectivity index (χ2n) is 5.75. The molecule has 1 aliphatic rings. The Bertz CT molecular complexity index is 914. The van der Waals surface area contributed by atoms with E-state index in [2.05, 4.69) is 35.0 Å². The number of anilines is 1. The Labute approximate surface area is 133 Å². The van der Waals surface area contributed by atoms with E-state index in [1.165, 1.54) is 11.6 Å². The SMILES string of the molecule is Cc1ccc2c(c1)N[C@H](c1cccc([N+](=O)[O-])c1)c1cccn1-2. The fourth-order valence-corrected chi connectivity index (χ4v) is 3.13. The number of hydrogen-bond donors (Lipinski definition) is 1. The van der Waals surface area contributed by atoms with Crippen LogP contribution < -0.4 is 5.32 Å². The van der Waals surface area contributed by atoms with Gasteiger partial charge in [0.25, 0.3) is 5.69 Å². The van der Waals surface area contributed by atoms with Crippen molar-refractivity contribution in [2.45, 2.75) is 13.0 Å². The molecule has 0 radical (unpaired) electrons. The third-order valence-corrected chi connectivity index (χ3v) is 4.20. The molecule has 0 fully saturated rings. The molecule has 0 aliphatic carbocycles. The molecule has 114 valence electrons. The van der Waals surface area contributed by atoms with Crippen LogP contribution in [0.3, 0.4) is 0 Å². The number of nitro groups is 1. The van der Waals surface area contributed by atoms with Gasteiger partial charge in [-0.1, -0.05) is 18.2 Å². The monoisotopic (exact) mass is 305 g/mol. The molecule has 0 unspecified atom stereocenters. The molecule has 0 amide bonds. The predicted octanol–water partition coefficient (Wildman–Crippen LogP) is 4.21. The van der Waals surface area contributed by atoms with Crippen LogP contribution >= 0.6 is 0 Å². The molecule has 5 nitrogen and oxygen atoms in total. The van der Waals surface area contributed by atoms with Gasteiger partial charge in [0.15, 0.2) is 0 Å². The maximum absolute atomic E-state index is 11.1. The van der Waals surface area contributed by atoms with Crippen molar-refractivity contribution in [3.8, 4) is 5.69 Å². The summed E-state index contributed by atoms with van der Waals surface area (Å²) in [6.45, 7) is 2.05. The standard InChI is InChI=1S/C18H15N3O2/c1-12-7-8-16-15(10-12)19-18(17-6-3-9-20(16)17)13-4-2-5-14(11-13)21(22)23/h2-11,18-19H,1H3/t18-/m1/s1. The maximum Gasteiger partial charge on any atom is 0.269 e. The molecule has 0 bridgehead atoms. The predicted molar refractivity (Wildman–Crippen MR) is 89.1 cm³/mol. The van der Waals surface area contributed by atoms with Crippen molar-refractivity contribution < 1.29 is 4.92 Å². The normalized spacial score (nSPS) is 15.4. The number of benzene rings is 2. The average Bonchev–Trinajstić information content (AvgIpc) is 3.03. The quantitative estimate of drug-likeness (QED) is 0.570. The van der Waals surface area contributed by atoms with E-state index in [1.807, 2.05) is 24.4 Å². The molecule has 5 heteroatoms. The molecule has 23 heavy (non-hydrogen) atoms. The molecule has 1 N–H and O–H groups in total. The summed E-state index contributed by atoms with van der Waals surface area (Å²) in [5.41, 5.74) is 5.36. The molecule has 1 aliphatic heterocycles. The van der Waals surface area contributed by atoms with Gasteiger partial charge in [0, 0.05) is 24.0 Å². The molecule has 3 aromatic rings. The number of nitro benzene ring substituents is 1. The zero-order valence-corrected chi connectivity index (χ0v) is 12.6. The van der Waals surface area contributed by atoms with Gasteiger partial charge in [-0.25, -0.2) is 0 Å². The summed E-state index contributed by atoms with van der Waals surface area (Å²) in [4.78, 5) is 10.7. The van der Waals surface area contributed by atoms with Crippen LogP contribution in [0.1, 0.15) is 22.9 Å². The van der Waals surface area contributed by atoms with Gasteiger partial charge in [-0.2, -0.15) is 0 Å². The van der Waals surface area contributed by atoms with Gasteiger partial charge in [0.05, 0.1) is 22.3 Å². The molecule has 1 atom stereocenters. The Morgan fingerprint density at radius 3 is 2.83 bits per heavy atom. The Hall–Kier alpha value is -3.08. The van der Waals surface area contributed by atoms with Gasteiger partial charge < -0.3 is 9.88 Å². The van der Waals surface area contributed by atoms with Crippen molar-refractivity contribution >= 4 is 11.4 Å². The average molecular weight is 305 g/mol. The van der Waals surface area contributed by atoms with Crippen LogP contribution in [0.5, 0.6) is 0 Å². The first kappa shape index (κ1) is 13.6. The van der Waals surface area contributed by atoms with Gasteiger partial charge in [-0.15, -0.1) is 0 Å². The summed E-state index contributed by atoms with van der Waals surface area (Å²) < 4.78 is 2.13. The lowest BCUT2D eigenvalue weighted by Crippen LogP contribution is -2.22. The van der Waals surface area contributed by atoms with E-state index < -0.39 is 0 Å².